The van der Waals surface area contributed by atoms with E-state index < -0.39 is 6.10 Å². The third-order valence-electron chi connectivity index (χ3n) is 3.59. The number of carbonyl (C=O) groups excluding carboxylic acids is 1. The first-order chi connectivity index (χ1) is 9.72. The van der Waals surface area contributed by atoms with Gasteiger partial charge in [-0.05, 0) is 24.8 Å². The van der Waals surface area contributed by atoms with Crippen molar-refractivity contribution in [2.45, 2.75) is 38.0 Å². The number of nitrogens with zero attached hydrogens (tertiary/aromatic N) is 1. The minimum absolute atomic E-state index is 0.156. The smallest absolute Gasteiger partial charge is 0.410 e. The lowest BCUT2D eigenvalue weighted by molar-refractivity contribution is 0.0494. The van der Waals surface area contributed by atoms with Crippen molar-refractivity contribution in [1.82, 2.24) is 4.90 Å². The fraction of sp³-hybridized carbons (Fsp3) is 0.438. The Hall–Kier alpha value is -1.81. The molecule has 1 aromatic rings. The molecule has 0 aliphatic carbocycles. The third kappa shape index (κ3) is 3.61. The summed E-state index contributed by atoms with van der Waals surface area (Å²) in [6.45, 7) is 4.53. The molecule has 2 rings (SSSR count). The van der Waals surface area contributed by atoms with Gasteiger partial charge in [0, 0.05) is 6.54 Å². The highest BCUT2D eigenvalue weighted by Crippen LogP contribution is 2.23. The highest BCUT2D eigenvalue weighted by molar-refractivity contribution is 5.68. The van der Waals surface area contributed by atoms with Crippen LogP contribution in [0.25, 0.3) is 0 Å². The highest BCUT2D eigenvalue weighted by atomic mass is 16.6. The number of rotatable bonds is 5. The van der Waals surface area contributed by atoms with Crippen LogP contribution in [0.3, 0.4) is 0 Å². The van der Waals surface area contributed by atoms with Crippen molar-refractivity contribution in [3.63, 3.8) is 0 Å². The second-order valence-electron chi connectivity index (χ2n) is 5.03. The minimum atomic E-state index is -0.556. The van der Waals surface area contributed by atoms with Crippen LogP contribution in [0.4, 0.5) is 4.79 Å². The zero-order valence-electron chi connectivity index (χ0n) is 11.6. The van der Waals surface area contributed by atoms with Crippen molar-refractivity contribution in [3.8, 4) is 0 Å². The van der Waals surface area contributed by atoms with Gasteiger partial charge in [-0.15, -0.1) is 6.58 Å². The molecule has 1 N–H and O–H groups in total. The predicted octanol–water partition coefficient (Wildman–Crippen LogP) is 2.72. The summed E-state index contributed by atoms with van der Waals surface area (Å²) >= 11 is 0. The molecule has 0 radical (unpaired) electrons. The molecule has 1 unspecified atom stereocenters. The van der Waals surface area contributed by atoms with Gasteiger partial charge in [0.15, 0.2) is 0 Å². The van der Waals surface area contributed by atoms with Crippen molar-refractivity contribution in [3.05, 3.63) is 48.6 Å². The van der Waals surface area contributed by atoms with E-state index in [4.69, 9.17) is 4.74 Å². The highest BCUT2D eigenvalue weighted by Gasteiger charge is 2.34. The quantitative estimate of drug-likeness (QED) is 0.841. The Morgan fingerprint density at radius 3 is 2.95 bits per heavy atom. The summed E-state index contributed by atoms with van der Waals surface area (Å²) in [5, 5.41) is 10.0. The van der Waals surface area contributed by atoms with Gasteiger partial charge in [-0.1, -0.05) is 36.4 Å². The number of aliphatic hydroxyl groups excluding tert-OH is 1. The van der Waals surface area contributed by atoms with E-state index in [-0.39, 0.29) is 18.7 Å². The summed E-state index contributed by atoms with van der Waals surface area (Å²) in [5.74, 6) is 0. The topological polar surface area (TPSA) is 49.8 Å². The number of aliphatic hydroxyl groups is 1. The summed E-state index contributed by atoms with van der Waals surface area (Å²) in [6, 6.07) is 9.43. The largest absolute Gasteiger partial charge is 0.445 e. The molecule has 1 fully saturated rings. The summed E-state index contributed by atoms with van der Waals surface area (Å²) in [5.41, 5.74) is 0.961. The average molecular weight is 275 g/mol. The zero-order chi connectivity index (χ0) is 14.4. The van der Waals surface area contributed by atoms with Crippen molar-refractivity contribution >= 4 is 6.09 Å². The Morgan fingerprint density at radius 1 is 1.50 bits per heavy atom. The van der Waals surface area contributed by atoms with Gasteiger partial charge in [-0.25, -0.2) is 4.79 Å². The molecule has 20 heavy (non-hydrogen) atoms. The van der Waals surface area contributed by atoms with Gasteiger partial charge < -0.3 is 14.7 Å². The van der Waals surface area contributed by atoms with Crippen LogP contribution >= 0.6 is 0 Å². The fourth-order valence-electron chi connectivity index (χ4n) is 2.55. The molecule has 0 bridgehead atoms. The SMILES string of the molecule is C=CCC(O)[C@@H]1CCCN1C(=O)OCc1ccccc1. The number of amides is 1. The first-order valence-corrected chi connectivity index (χ1v) is 6.98. The molecule has 0 spiro atoms. The zero-order valence-corrected chi connectivity index (χ0v) is 11.6. The maximum Gasteiger partial charge on any atom is 0.410 e. The minimum Gasteiger partial charge on any atom is -0.445 e. The molecule has 1 heterocycles. The summed E-state index contributed by atoms with van der Waals surface area (Å²) in [7, 11) is 0. The van der Waals surface area contributed by atoms with Crippen molar-refractivity contribution in [2.75, 3.05) is 6.54 Å². The Balaban J connectivity index is 1.89. The molecular weight excluding hydrogens is 254 g/mol. The van der Waals surface area contributed by atoms with Crippen LogP contribution in [-0.4, -0.2) is 34.8 Å². The third-order valence-corrected chi connectivity index (χ3v) is 3.59. The van der Waals surface area contributed by atoms with Gasteiger partial charge in [-0.2, -0.15) is 0 Å². The molecule has 108 valence electrons. The number of carbonyl (C=O) groups is 1. The van der Waals surface area contributed by atoms with Crippen molar-refractivity contribution in [2.24, 2.45) is 0 Å². The molecular formula is C16H21NO3. The molecule has 1 saturated heterocycles. The Bertz CT molecular complexity index is 446. The second-order valence-corrected chi connectivity index (χ2v) is 5.03. The maximum absolute atomic E-state index is 12.1. The molecule has 4 nitrogen and oxygen atoms in total. The molecule has 4 heteroatoms. The molecule has 1 aliphatic rings. The first-order valence-electron chi connectivity index (χ1n) is 6.98. The van der Waals surface area contributed by atoms with E-state index in [1.54, 1.807) is 11.0 Å². The first kappa shape index (κ1) is 14.6. The number of ether oxygens (including phenoxy) is 1. The van der Waals surface area contributed by atoms with E-state index in [1.807, 2.05) is 30.3 Å². The molecule has 2 atom stereocenters. The van der Waals surface area contributed by atoms with Gasteiger partial charge in [0.05, 0.1) is 12.1 Å². The fourth-order valence-corrected chi connectivity index (χ4v) is 2.55. The van der Waals surface area contributed by atoms with Gasteiger partial charge in [0.1, 0.15) is 6.61 Å². The Labute approximate surface area is 119 Å². The lowest BCUT2D eigenvalue weighted by Gasteiger charge is -2.27. The van der Waals surface area contributed by atoms with Gasteiger partial charge >= 0.3 is 6.09 Å². The Kier molecular flexibility index (Phi) is 5.18. The average Bonchev–Trinajstić information content (AvgIpc) is 2.96. The van der Waals surface area contributed by atoms with E-state index in [0.29, 0.717) is 13.0 Å². The maximum atomic E-state index is 12.1. The molecule has 1 amide bonds. The standard InChI is InChI=1S/C16H21NO3/c1-2-7-15(18)14-10-6-11-17(14)16(19)20-12-13-8-4-3-5-9-13/h2-5,8-9,14-15,18H,1,6-7,10-12H2/t14-,15?/m0/s1. The van der Waals surface area contributed by atoms with Gasteiger partial charge in [-0.3, -0.25) is 0 Å². The van der Waals surface area contributed by atoms with E-state index in [1.165, 1.54) is 0 Å². The van der Waals surface area contributed by atoms with Crippen LogP contribution in [0.1, 0.15) is 24.8 Å². The van der Waals surface area contributed by atoms with Crippen LogP contribution in [-0.2, 0) is 11.3 Å². The lowest BCUT2D eigenvalue weighted by Crippen LogP contribution is -2.42. The van der Waals surface area contributed by atoms with Crippen molar-refractivity contribution < 1.29 is 14.6 Å². The van der Waals surface area contributed by atoms with E-state index in [9.17, 15) is 9.90 Å². The van der Waals surface area contributed by atoms with E-state index in [0.717, 1.165) is 18.4 Å². The van der Waals surface area contributed by atoms with Crippen LogP contribution in [0, 0.1) is 0 Å². The molecule has 0 aromatic heterocycles. The van der Waals surface area contributed by atoms with Crippen LogP contribution in [0.5, 0.6) is 0 Å². The van der Waals surface area contributed by atoms with E-state index in [2.05, 4.69) is 6.58 Å². The number of hydrogen-bond donors (Lipinski definition) is 1. The summed E-state index contributed by atoms with van der Waals surface area (Å²) in [4.78, 5) is 13.7. The van der Waals surface area contributed by atoms with E-state index >= 15 is 0 Å². The summed E-state index contributed by atoms with van der Waals surface area (Å²) in [6.07, 6.45) is 2.98. The Morgan fingerprint density at radius 2 is 2.25 bits per heavy atom. The summed E-state index contributed by atoms with van der Waals surface area (Å²) < 4.78 is 5.32. The molecule has 1 aliphatic heterocycles. The van der Waals surface area contributed by atoms with Gasteiger partial charge in [0.25, 0.3) is 0 Å². The number of hydrogen-bond acceptors (Lipinski definition) is 3. The number of likely N-dealkylation sites (tertiary alicyclic amines) is 1. The number of benzene rings is 1. The second kappa shape index (κ2) is 7.10. The van der Waals surface area contributed by atoms with Crippen LogP contribution < -0.4 is 0 Å². The van der Waals surface area contributed by atoms with Crippen molar-refractivity contribution in [1.29, 1.82) is 0 Å². The normalized spacial score (nSPS) is 19.6. The van der Waals surface area contributed by atoms with Crippen LogP contribution in [0.2, 0.25) is 0 Å². The monoisotopic (exact) mass is 275 g/mol. The lowest BCUT2D eigenvalue weighted by atomic mass is 10.1. The molecule has 0 saturated carbocycles. The predicted molar refractivity (Wildman–Crippen MR) is 77.2 cm³/mol. The molecule has 1 aromatic carbocycles. The van der Waals surface area contributed by atoms with Gasteiger partial charge in [0.2, 0.25) is 0 Å². The van der Waals surface area contributed by atoms with Crippen LogP contribution in [0.15, 0.2) is 43.0 Å².